The monoisotopic (exact) mass is 305 g/mol. The van der Waals surface area contributed by atoms with Crippen LogP contribution in [0.2, 0.25) is 0 Å². The lowest BCUT2D eigenvalue weighted by molar-refractivity contribution is -0.144. The van der Waals surface area contributed by atoms with Crippen LogP contribution in [0.4, 0.5) is 0 Å². The van der Waals surface area contributed by atoms with Gasteiger partial charge in [-0.2, -0.15) is 11.8 Å². The summed E-state index contributed by atoms with van der Waals surface area (Å²) in [7, 11) is 1.21. The van der Waals surface area contributed by atoms with Crippen LogP contribution in [0.15, 0.2) is 0 Å². The molecule has 0 aliphatic heterocycles. The van der Waals surface area contributed by atoms with Crippen molar-refractivity contribution < 1.29 is 29.0 Å². The lowest BCUT2D eigenvalue weighted by Crippen LogP contribution is -2.42. The number of carboxylic acids is 1. The number of esters is 1. The van der Waals surface area contributed by atoms with Gasteiger partial charge in [0.25, 0.3) is 0 Å². The lowest BCUT2D eigenvalue weighted by Gasteiger charge is -2.16. The van der Waals surface area contributed by atoms with Crippen LogP contribution in [-0.4, -0.2) is 53.4 Å². The first-order valence-electron chi connectivity index (χ1n) is 5.92. The van der Waals surface area contributed by atoms with Crippen LogP contribution in [0.25, 0.3) is 0 Å². The summed E-state index contributed by atoms with van der Waals surface area (Å²) in [5, 5.41) is 11.1. The molecule has 0 saturated heterocycles. The molecule has 0 bridgehead atoms. The van der Waals surface area contributed by atoms with Crippen molar-refractivity contribution in [2.75, 3.05) is 18.6 Å². The molecule has 0 aliphatic carbocycles. The normalized spacial score (nSPS) is 13.2. The molecule has 0 aromatic carbocycles. The molecule has 0 saturated carbocycles. The molecule has 1 unspecified atom stereocenters. The molecule has 0 aromatic rings. The number of Topliss-reactive ketones (excluding diaryl/α,β-unsaturated/α-hetero) is 1. The molecule has 0 aromatic heterocycles. The number of hydrogen-bond acceptors (Lipinski definition) is 6. The molecule has 0 spiro atoms. The van der Waals surface area contributed by atoms with E-state index in [1.54, 1.807) is 0 Å². The summed E-state index contributed by atoms with van der Waals surface area (Å²) in [6, 6.07) is -0.806. The van der Waals surface area contributed by atoms with Crippen molar-refractivity contribution in [2.24, 2.45) is 5.92 Å². The van der Waals surface area contributed by atoms with E-state index < -0.39 is 23.9 Å². The number of nitrogens with one attached hydrogen (secondary N) is 1. The Bertz CT molecular complexity index is 384. The van der Waals surface area contributed by atoms with E-state index in [1.165, 1.54) is 32.7 Å². The predicted molar refractivity (Wildman–Crippen MR) is 73.4 cm³/mol. The third-order valence-corrected chi connectivity index (χ3v) is 3.67. The number of ketones is 1. The Morgan fingerprint density at radius 2 is 1.80 bits per heavy atom. The van der Waals surface area contributed by atoms with Crippen molar-refractivity contribution in [1.29, 1.82) is 0 Å². The highest BCUT2D eigenvalue weighted by molar-refractivity contribution is 7.99. The molecule has 7 nitrogen and oxygen atoms in total. The summed E-state index contributed by atoms with van der Waals surface area (Å²) < 4.78 is 4.55. The Kier molecular flexibility index (Phi) is 8.62. The van der Waals surface area contributed by atoms with E-state index in [2.05, 4.69) is 10.1 Å². The number of carboxylic acid groups (broad SMARTS) is 1. The van der Waals surface area contributed by atoms with E-state index >= 15 is 0 Å². The Labute approximate surface area is 121 Å². The van der Waals surface area contributed by atoms with Gasteiger partial charge in [0.05, 0.1) is 13.5 Å². The third kappa shape index (κ3) is 7.78. The summed E-state index contributed by atoms with van der Waals surface area (Å²) >= 11 is 1.23. The van der Waals surface area contributed by atoms with Gasteiger partial charge in [-0.3, -0.25) is 14.4 Å². The number of rotatable bonds is 9. The van der Waals surface area contributed by atoms with E-state index in [-0.39, 0.29) is 29.6 Å². The van der Waals surface area contributed by atoms with Gasteiger partial charge in [0.15, 0.2) is 0 Å². The first kappa shape index (κ1) is 18.4. The minimum Gasteiger partial charge on any atom is -0.481 e. The number of thioether (sulfide) groups is 1. The van der Waals surface area contributed by atoms with Gasteiger partial charge < -0.3 is 15.2 Å². The van der Waals surface area contributed by atoms with Gasteiger partial charge in [-0.05, 0) is 6.92 Å². The maximum atomic E-state index is 11.4. The Morgan fingerprint density at radius 3 is 2.20 bits per heavy atom. The highest BCUT2D eigenvalue weighted by Crippen LogP contribution is 2.15. The van der Waals surface area contributed by atoms with Crippen molar-refractivity contribution in [3.05, 3.63) is 0 Å². The van der Waals surface area contributed by atoms with E-state index in [9.17, 15) is 19.2 Å². The number of carbonyl (C=O) groups excluding carboxylic acids is 3. The number of aliphatic carboxylic acids is 1. The van der Waals surface area contributed by atoms with Gasteiger partial charge in [-0.25, -0.2) is 4.79 Å². The van der Waals surface area contributed by atoms with Gasteiger partial charge >= 0.3 is 11.9 Å². The van der Waals surface area contributed by atoms with E-state index in [0.717, 1.165) is 0 Å². The Morgan fingerprint density at radius 1 is 1.20 bits per heavy atom. The average Bonchev–Trinajstić information content (AvgIpc) is 2.34. The number of amides is 1. The Balaban J connectivity index is 4.39. The maximum Gasteiger partial charge on any atom is 0.329 e. The quantitative estimate of drug-likeness (QED) is 0.580. The number of hydrogen-bond donors (Lipinski definition) is 2. The van der Waals surface area contributed by atoms with Gasteiger partial charge in [0, 0.05) is 24.3 Å². The fourth-order valence-electron chi connectivity index (χ4n) is 1.42. The topological polar surface area (TPSA) is 110 Å². The summed E-state index contributed by atoms with van der Waals surface area (Å²) in [4.78, 5) is 44.3. The average molecular weight is 305 g/mol. The molecule has 2 N–H and O–H groups in total. The number of ether oxygens (including phenoxy) is 1. The zero-order valence-corrected chi connectivity index (χ0v) is 12.5. The summed E-state index contributed by atoms with van der Waals surface area (Å²) in [6.07, 6.45) is -0.245. The maximum absolute atomic E-state index is 11.4. The second-order valence-corrected chi connectivity index (χ2v) is 5.29. The van der Waals surface area contributed by atoms with Gasteiger partial charge in [0.2, 0.25) is 5.91 Å². The first-order chi connectivity index (χ1) is 9.27. The zero-order valence-electron chi connectivity index (χ0n) is 11.7. The molecule has 20 heavy (non-hydrogen) atoms. The molecule has 0 fully saturated rings. The second kappa shape index (κ2) is 9.35. The molecule has 8 heteroatoms. The molecule has 2 atom stereocenters. The molecular formula is C12H19NO6S. The van der Waals surface area contributed by atoms with Crippen LogP contribution < -0.4 is 5.32 Å². The minimum absolute atomic E-state index is 0.214. The van der Waals surface area contributed by atoms with Gasteiger partial charge in [-0.15, -0.1) is 0 Å². The van der Waals surface area contributed by atoms with Crippen molar-refractivity contribution in [3.8, 4) is 0 Å². The fourth-order valence-corrected chi connectivity index (χ4v) is 2.64. The van der Waals surface area contributed by atoms with E-state index in [0.29, 0.717) is 0 Å². The highest BCUT2D eigenvalue weighted by Gasteiger charge is 2.23. The van der Waals surface area contributed by atoms with Crippen molar-refractivity contribution in [2.45, 2.75) is 26.3 Å². The van der Waals surface area contributed by atoms with Crippen LogP contribution in [0.5, 0.6) is 0 Å². The van der Waals surface area contributed by atoms with Crippen LogP contribution in [-0.2, 0) is 23.9 Å². The largest absolute Gasteiger partial charge is 0.481 e. The zero-order chi connectivity index (χ0) is 15.7. The Hall–Kier alpha value is -1.57. The van der Waals surface area contributed by atoms with Gasteiger partial charge in [0.1, 0.15) is 11.8 Å². The van der Waals surface area contributed by atoms with Crippen LogP contribution in [0, 0.1) is 5.92 Å². The van der Waals surface area contributed by atoms with Gasteiger partial charge in [-0.1, -0.05) is 0 Å². The van der Waals surface area contributed by atoms with E-state index in [1.807, 2.05) is 0 Å². The highest BCUT2D eigenvalue weighted by atomic mass is 32.2. The molecule has 0 rings (SSSR count). The first-order valence-corrected chi connectivity index (χ1v) is 7.08. The number of methoxy groups -OCH3 is 1. The second-order valence-electron chi connectivity index (χ2n) is 4.22. The standard InChI is InChI=1S/C12H19NO6S/c1-7(14)9(4-11(16)17)5-20-6-10(12(18)19-3)13-8(2)15/h9-10H,4-6H2,1-3H3,(H,13,15)(H,16,17)/t9?,10-/m1/s1. The minimum atomic E-state index is -1.04. The van der Waals surface area contributed by atoms with Crippen molar-refractivity contribution >= 4 is 35.4 Å². The number of carbonyl (C=O) groups is 4. The lowest BCUT2D eigenvalue weighted by atomic mass is 10.0. The molecule has 0 radical (unpaired) electrons. The predicted octanol–water partition coefficient (Wildman–Crippen LogP) is 0.0772. The van der Waals surface area contributed by atoms with Crippen LogP contribution in [0.1, 0.15) is 20.3 Å². The van der Waals surface area contributed by atoms with Crippen molar-refractivity contribution in [1.82, 2.24) is 5.32 Å². The summed E-state index contributed by atoms with van der Waals surface area (Å²) in [5.41, 5.74) is 0. The summed E-state index contributed by atoms with van der Waals surface area (Å²) in [6.45, 7) is 2.61. The SMILES string of the molecule is COC(=O)[C@@H](CSCC(CC(=O)O)C(C)=O)NC(C)=O. The third-order valence-electron chi connectivity index (χ3n) is 2.46. The molecular weight excluding hydrogens is 286 g/mol. The summed E-state index contributed by atoms with van der Waals surface area (Å²) in [5.74, 6) is -2.32. The van der Waals surface area contributed by atoms with Crippen LogP contribution in [0.3, 0.4) is 0 Å². The molecule has 0 aliphatic rings. The molecule has 1 amide bonds. The molecule has 114 valence electrons. The van der Waals surface area contributed by atoms with Crippen molar-refractivity contribution in [3.63, 3.8) is 0 Å². The van der Waals surface area contributed by atoms with Crippen LogP contribution >= 0.6 is 11.8 Å². The smallest absolute Gasteiger partial charge is 0.329 e. The molecule has 0 heterocycles. The van der Waals surface area contributed by atoms with E-state index in [4.69, 9.17) is 5.11 Å². The fraction of sp³-hybridized carbons (Fsp3) is 0.667.